The van der Waals surface area contributed by atoms with E-state index in [1.54, 1.807) is 26.3 Å². The van der Waals surface area contributed by atoms with Crippen molar-refractivity contribution in [2.24, 2.45) is 4.99 Å². The van der Waals surface area contributed by atoms with E-state index in [0.717, 1.165) is 16.9 Å². The van der Waals surface area contributed by atoms with Crippen LogP contribution in [-0.2, 0) is 17.9 Å². The summed E-state index contributed by atoms with van der Waals surface area (Å²) in [5, 5.41) is 6.35. The van der Waals surface area contributed by atoms with E-state index in [1.807, 2.05) is 24.3 Å². The lowest BCUT2D eigenvalue weighted by atomic mass is 10.2. The van der Waals surface area contributed by atoms with E-state index in [1.165, 1.54) is 12.1 Å². The number of guanidine groups is 1. The SMILES string of the molecule is CN=C(NCCOCc1ccccc1OC)NCc1ccc(F)cc1. The van der Waals surface area contributed by atoms with Crippen molar-refractivity contribution in [1.29, 1.82) is 0 Å². The Labute approximate surface area is 147 Å². The molecule has 0 aliphatic heterocycles. The molecule has 6 heteroatoms. The highest BCUT2D eigenvalue weighted by molar-refractivity contribution is 5.79. The Bertz CT molecular complexity index is 675. The minimum Gasteiger partial charge on any atom is -0.496 e. The summed E-state index contributed by atoms with van der Waals surface area (Å²) >= 11 is 0. The van der Waals surface area contributed by atoms with Crippen molar-refractivity contribution in [3.05, 3.63) is 65.5 Å². The summed E-state index contributed by atoms with van der Waals surface area (Å²) in [6, 6.07) is 14.2. The van der Waals surface area contributed by atoms with Gasteiger partial charge < -0.3 is 20.1 Å². The van der Waals surface area contributed by atoms with Crippen LogP contribution in [0.3, 0.4) is 0 Å². The Kier molecular flexibility index (Phi) is 7.72. The van der Waals surface area contributed by atoms with E-state index in [0.29, 0.717) is 32.3 Å². The highest BCUT2D eigenvalue weighted by Crippen LogP contribution is 2.17. The fourth-order valence-electron chi connectivity index (χ4n) is 2.25. The Morgan fingerprint density at radius 2 is 1.84 bits per heavy atom. The summed E-state index contributed by atoms with van der Waals surface area (Å²) in [5.74, 6) is 1.26. The fraction of sp³-hybridized carbons (Fsp3) is 0.316. The van der Waals surface area contributed by atoms with Gasteiger partial charge in [-0.15, -0.1) is 0 Å². The number of nitrogens with one attached hydrogen (secondary N) is 2. The van der Waals surface area contributed by atoms with Crippen molar-refractivity contribution in [2.75, 3.05) is 27.3 Å². The molecular formula is C19H24FN3O2. The molecule has 5 nitrogen and oxygen atoms in total. The summed E-state index contributed by atoms with van der Waals surface area (Å²) < 4.78 is 23.8. The largest absolute Gasteiger partial charge is 0.496 e. The molecule has 2 aromatic carbocycles. The van der Waals surface area contributed by atoms with Gasteiger partial charge >= 0.3 is 0 Å². The van der Waals surface area contributed by atoms with Crippen molar-refractivity contribution >= 4 is 5.96 Å². The molecule has 2 rings (SSSR count). The maximum Gasteiger partial charge on any atom is 0.191 e. The van der Waals surface area contributed by atoms with Gasteiger partial charge in [-0.05, 0) is 23.8 Å². The lowest BCUT2D eigenvalue weighted by molar-refractivity contribution is 0.123. The number of nitrogens with zero attached hydrogens (tertiary/aromatic N) is 1. The minimum absolute atomic E-state index is 0.238. The third kappa shape index (κ3) is 6.43. The number of halogens is 1. The van der Waals surface area contributed by atoms with Gasteiger partial charge in [0.1, 0.15) is 11.6 Å². The Morgan fingerprint density at radius 3 is 2.56 bits per heavy atom. The van der Waals surface area contributed by atoms with E-state index in [2.05, 4.69) is 15.6 Å². The van der Waals surface area contributed by atoms with Crippen LogP contribution >= 0.6 is 0 Å². The highest BCUT2D eigenvalue weighted by atomic mass is 19.1. The second-order valence-corrected chi connectivity index (χ2v) is 5.34. The van der Waals surface area contributed by atoms with Gasteiger partial charge in [0.2, 0.25) is 0 Å². The first-order chi connectivity index (χ1) is 12.2. The summed E-state index contributed by atoms with van der Waals surface area (Å²) in [5.41, 5.74) is 2.00. The van der Waals surface area contributed by atoms with Crippen LogP contribution in [0.4, 0.5) is 4.39 Å². The monoisotopic (exact) mass is 345 g/mol. The molecule has 0 aliphatic carbocycles. The lowest BCUT2D eigenvalue weighted by Gasteiger charge is -2.13. The van der Waals surface area contributed by atoms with Gasteiger partial charge in [-0.2, -0.15) is 0 Å². The summed E-state index contributed by atoms with van der Waals surface area (Å²) in [6.07, 6.45) is 0. The Morgan fingerprint density at radius 1 is 1.08 bits per heavy atom. The number of hydrogen-bond acceptors (Lipinski definition) is 3. The number of hydrogen-bond donors (Lipinski definition) is 2. The van der Waals surface area contributed by atoms with Crippen LogP contribution in [0.15, 0.2) is 53.5 Å². The molecule has 0 amide bonds. The molecule has 0 radical (unpaired) electrons. The number of para-hydroxylation sites is 1. The Balaban J connectivity index is 1.66. The van der Waals surface area contributed by atoms with Crippen LogP contribution in [-0.4, -0.2) is 33.3 Å². The molecular weight excluding hydrogens is 321 g/mol. The first-order valence-corrected chi connectivity index (χ1v) is 8.11. The predicted molar refractivity (Wildman–Crippen MR) is 97.3 cm³/mol. The molecule has 0 aliphatic rings. The van der Waals surface area contributed by atoms with Gasteiger partial charge in [-0.3, -0.25) is 4.99 Å². The average molecular weight is 345 g/mol. The molecule has 134 valence electrons. The van der Waals surface area contributed by atoms with E-state index < -0.39 is 0 Å². The number of methoxy groups -OCH3 is 1. The number of aliphatic imine (C=N–C) groups is 1. The zero-order valence-electron chi connectivity index (χ0n) is 14.6. The van der Waals surface area contributed by atoms with Crippen LogP contribution in [0.25, 0.3) is 0 Å². The second kappa shape index (κ2) is 10.3. The fourth-order valence-corrected chi connectivity index (χ4v) is 2.25. The second-order valence-electron chi connectivity index (χ2n) is 5.34. The van der Waals surface area contributed by atoms with Gasteiger partial charge in [0.25, 0.3) is 0 Å². The molecule has 0 unspecified atom stereocenters. The third-order valence-corrected chi connectivity index (χ3v) is 3.59. The molecule has 0 spiro atoms. The normalized spacial score (nSPS) is 11.2. The predicted octanol–water partition coefficient (Wildman–Crippen LogP) is 2.72. The average Bonchev–Trinajstić information content (AvgIpc) is 2.65. The minimum atomic E-state index is -0.238. The Hall–Kier alpha value is -2.60. The summed E-state index contributed by atoms with van der Waals surface area (Å²) in [6.45, 7) is 2.23. The number of ether oxygens (including phenoxy) is 2. The van der Waals surface area contributed by atoms with E-state index >= 15 is 0 Å². The molecule has 0 saturated carbocycles. The van der Waals surface area contributed by atoms with Crippen LogP contribution in [0.5, 0.6) is 5.75 Å². The zero-order chi connectivity index (χ0) is 17.9. The molecule has 25 heavy (non-hydrogen) atoms. The quantitative estimate of drug-likeness (QED) is 0.439. The van der Waals surface area contributed by atoms with Gasteiger partial charge in [-0.1, -0.05) is 30.3 Å². The standard InChI is InChI=1S/C19H24FN3O2/c1-21-19(23-13-15-7-9-17(20)10-8-15)22-11-12-25-14-16-5-3-4-6-18(16)24-2/h3-10H,11-14H2,1-2H3,(H2,21,22,23). The van der Waals surface area contributed by atoms with E-state index in [9.17, 15) is 4.39 Å². The van der Waals surface area contributed by atoms with Crippen LogP contribution in [0.1, 0.15) is 11.1 Å². The smallest absolute Gasteiger partial charge is 0.191 e. The zero-order valence-corrected chi connectivity index (χ0v) is 14.6. The summed E-state index contributed by atoms with van der Waals surface area (Å²) in [4.78, 5) is 4.15. The van der Waals surface area contributed by atoms with Crippen molar-refractivity contribution in [1.82, 2.24) is 10.6 Å². The van der Waals surface area contributed by atoms with Crippen molar-refractivity contribution < 1.29 is 13.9 Å². The lowest BCUT2D eigenvalue weighted by Crippen LogP contribution is -2.38. The van der Waals surface area contributed by atoms with Crippen LogP contribution in [0, 0.1) is 5.82 Å². The molecule has 0 atom stereocenters. The van der Waals surface area contributed by atoms with Crippen LogP contribution in [0.2, 0.25) is 0 Å². The maximum absolute atomic E-state index is 12.9. The third-order valence-electron chi connectivity index (χ3n) is 3.59. The van der Waals surface area contributed by atoms with Crippen molar-refractivity contribution in [3.8, 4) is 5.75 Å². The van der Waals surface area contributed by atoms with E-state index in [-0.39, 0.29) is 5.82 Å². The van der Waals surface area contributed by atoms with Gasteiger partial charge in [0, 0.05) is 25.7 Å². The van der Waals surface area contributed by atoms with Crippen molar-refractivity contribution in [3.63, 3.8) is 0 Å². The van der Waals surface area contributed by atoms with Gasteiger partial charge in [0.05, 0.1) is 20.3 Å². The maximum atomic E-state index is 12.9. The summed E-state index contributed by atoms with van der Waals surface area (Å²) in [7, 11) is 3.35. The first-order valence-electron chi connectivity index (χ1n) is 8.11. The first kappa shape index (κ1) is 18.7. The highest BCUT2D eigenvalue weighted by Gasteiger charge is 2.02. The molecule has 0 heterocycles. The molecule has 2 aromatic rings. The molecule has 0 bridgehead atoms. The van der Waals surface area contributed by atoms with Gasteiger partial charge in [-0.25, -0.2) is 4.39 Å². The molecule has 0 saturated heterocycles. The van der Waals surface area contributed by atoms with E-state index in [4.69, 9.17) is 9.47 Å². The number of rotatable bonds is 8. The van der Waals surface area contributed by atoms with Crippen molar-refractivity contribution in [2.45, 2.75) is 13.2 Å². The topological polar surface area (TPSA) is 54.9 Å². The van der Waals surface area contributed by atoms with Crippen LogP contribution < -0.4 is 15.4 Å². The van der Waals surface area contributed by atoms with Gasteiger partial charge in [0.15, 0.2) is 5.96 Å². The number of benzene rings is 2. The molecule has 2 N–H and O–H groups in total. The molecule has 0 fully saturated rings. The molecule has 0 aromatic heterocycles.